The number of hydrogen-bond acceptors (Lipinski definition) is 6. The molecule has 27 heavy (non-hydrogen) atoms. The third-order valence-electron chi connectivity index (χ3n) is 4.13. The zero-order valence-corrected chi connectivity index (χ0v) is 16.5. The van der Waals surface area contributed by atoms with Gasteiger partial charge in [-0.05, 0) is 42.5 Å². The number of thioether (sulfide) groups is 1. The molecule has 1 heterocycles. The number of anilines is 1. The van der Waals surface area contributed by atoms with Crippen LogP contribution >= 0.6 is 11.8 Å². The molecule has 5 nitrogen and oxygen atoms in total. The predicted octanol–water partition coefficient (Wildman–Crippen LogP) is 4.54. The molecule has 0 radical (unpaired) electrons. The van der Waals surface area contributed by atoms with E-state index >= 15 is 0 Å². The number of ether oxygens (including phenoxy) is 2. The SMILES string of the molecule is COc1ccc(CCNc2cc(-c3cccc(OC)c3)nc(SC)n2)cc1. The lowest BCUT2D eigenvalue weighted by Gasteiger charge is -2.10. The number of nitrogens with one attached hydrogen (secondary N) is 1. The van der Waals surface area contributed by atoms with E-state index in [-0.39, 0.29) is 0 Å². The highest BCUT2D eigenvalue weighted by atomic mass is 32.2. The molecular weight excluding hydrogens is 358 g/mol. The first-order chi connectivity index (χ1) is 13.2. The van der Waals surface area contributed by atoms with E-state index in [0.717, 1.165) is 46.7 Å². The fourth-order valence-corrected chi connectivity index (χ4v) is 3.04. The average molecular weight is 382 g/mol. The van der Waals surface area contributed by atoms with Crippen molar-refractivity contribution in [3.05, 3.63) is 60.2 Å². The molecule has 0 unspecified atom stereocenters. The number of benzene rings is 2. The van der Waals surface area contributed by atoms with Gasteiger partial charge >= 0.3 is 0 Å². The van der Waals surface area contributed by atoms with Gasteiger partial charge in [-0.2, -0.15) is 0 Å². The molecular formula is C21H23N3O2S. The number of nitrogens with zero attached hydrogens (tertiary/aromatic N) is 2. The Morgan fingerprint density at radius 1 is 0.926 bits per heavy atom. The molecule has 0 aliphatic rings. The van der Waals surface area contributed by atoms with Crippen LogP contribution in [-0.2, 0) is 6.42 Å². The number of methoxy groups -OCH3 is 2. The second-order valence-corrected chi connectivity index (χ2v) is 6.66. The Morgan fingerprint density at radius 3 is 2.41 bits per heavy atom. The summed E-state index contributed by atoms with van der Waals surface area (Å²) in [7, 11) is 3.34. The quantitative estimate of drug-likeness (QED) is 0.457. The molecule has 0 saturated heterocycles. The fraction of sp³-hybridized carbons (Fsp3) is 0.238. The van der Waals surface area contributed by atoms with Crippen LogP contribution in [0, 0.1) is 0 Å². The van der Waals surface area contributed by atoms with E-state index in [2.05, 4.69) is 27.4 Å². The van der Waals surface area contributed by atoms with Gasteiger partial charge in [0.25, 0.3) is 0 Å². The average Bonchev–Trinajstić information content (AvgIpc) is 2.74. The Morgan fingerprint density at radius 2 is 1.70 bits per heavy atom. The van der Waals surface area contributed by atoms with E-state index in [4.69, 9.17) is 9.47 Å². The lowest BCUT2D eigenvalue weighted by atomic mass is 10.1. The van der Waals surface area contributed by atoms with Crippen molar-refractivity contribution in [2.75, 3.05) is 32.3 Å². The molecule has 140 valence electrons. The number of hydrogen-bond donors (Lipinski definition) is 1. The Balaban J connectivity index is 1.72. The topological polar surface area (TPSA) is 56.3 Å². The molecule has 1 aromatic heterocycles. The molecule has 3 rings (SSSR count). The summed E-state index contributed by atoms with van der Waals surface area (Å²) in [4.78, 5) is 9.19. The highest BCUT2D eigenvalue weighted by Gasteiger charge is 2.07. The van der Waals surface area contributed by atoms with Crippen molar-refractivity contribution in [1.29, 1.82) is 0 Å². The van der Waals surface area contributed by atoms with Gasteiger partial charge in [-0.25, -0.2) is 9.97 Å². The molecule has 0 spiro atoms. The van der Waals surface area contributed by atoms with Crippen LogP contribution in [0.4, 0.5) is 5.82 Å². The summed E-state index contributed by atoms with van der Waals surface area (Å²) in [6.45, 7) is 0.786. The number of aromatic nitrogens is 2. The summed E-state index contributed by atoms with van der Waals surface area (Å²) < 4.78 is 10.5. The molecule has 0 bridgehead atoms. The van der Waals surface area contributed by atoms with Crippen molar-refractivity contribution in [1.82, 2.24) is 9.97 Å². The second-order valence-electron chi connectivity index (χ2n) is 5.88. The van der Waals surface area contributed by atoms with E-state index < -0.39 is 0 Å². The lowest BCUT2D eigenvalue weighted by molar-refractivity contribution is 0.414. The molecule has 0 atom stereocenters. The van der Waals surface area contributed by atoms with Crippen LogP contribution in [0.5, 0.6) is 11.5 Å². The monoisotopic (exact) mass is 381 g/mol. The molecule has 3 aromatic rings. The summed E-state index contributed by atoms with van der Waals surface area (Å²) in [6.07, 6.45) is 2.88. The van der Waals surface area contributed by atoms with E-state index in [1.807, 2.05) is 48.7 Å². The van der Waals surface area contributed by atoms with Crippen molar-refractivity contribution in [3.63, 3.8) is 0 Å². The summed E-state index contributed by atoms with van der Waals surface area (Å²) in [5.74, 6) is 2.50. The summed E-state index contributed by atoms with van der Waals surface area (Å²) >= 11 is 1.53. The van der Waals surface area contributed by atoms with Crippen LogP contribution in [0.2, 0.25) is 0 Å². The molecule has 2 aromatic carbocycles. The van der Waals surface area contributed by atoms with Gasteiger partial charge in [-0.3, -0.25) is 0 Å². The largest absolute Gasteiger partial charge is 0.497 e. The van der Waals surface area contributed by atoms with Gasteiger partial charge in [0, 0.05) is 18.2 Å². The maximum atomic E-state index is 5.32. The zero-order valence-electron chi connectivity index (χ0n) is 15.7. The van der Waals surface area contributed by atoms with Gasteiger partial charge in [0.1, 0.15) is 17.3 Å². The van der Waals surface area contributed by atoms with E-state index in [0.29, 0.717) is 0 Å². The van der Waals surface area contributed by atoms with Crippen molar-refractivity contribution in [2.45, 2.75) is 11.6 Å². The minimum Gasteiger partial charge on any atom is -0.497 e. The van der Waals surface area contributed by atoms with Gasteiger partial charge in [0.05, 0.1) is 19.9 Å². The first-order valence-electron chi connectivity index (χ1n) is 8.66. The smallest absolute Gasteiger partial charge is 0.189 e. The second kappa shape index (κ2) is 9.28. The third kappa shape index (κ3) is 5.14. The highest BCUT2D eigenvalue weighted by molar-refractivity contribution is 7.98. The summed E-state index contributed by atoms with van der Waals surface area (Å²) in [5.41, 5.74) is 3.13. The fourth-order valence-electron chi connectivity index (χ4n) is 2.66. The first-order valence-corrected chi connectivity index (χ1v) is 9.88. The Hall–Kier alpha value is -2.73. The molecule has 0 fully saturated rings. The van der Waals surface area contributed by atoms with Crippen LogP contribution in [0.25, 0.3) is 11.3 Å². The third-order valence-corrected chi connectivity index (χ3v) is 4.68. The van der Waals surface area contributed by atoms with E-state index in [9.17, 15) is 0 Å². The van der Waals surface area contributed by atoms with Gasteiger partial charge in [-0.15, -0.1) is 0 Å². The minimum atomic E-state index is 0.738. The Labute approximate surface area is 164 Å². The van der Waals surface area contributed by atoms with Gasteiger partial charge in [0.2, 0.25) is 0 Å². The standard InChI is InChI=1S/C21H23N3O2S/c1-25-17-9-7-15(8-10-17)11-12-22-20-14-19(23-21(24-20)27-3)16-5-4-6-18(13-16)26-2/h4-10,13-14H,11-12H2,1-3H3,(H,22,23,24). The van der Waals surface area contributed by atoms with Crippen molar-refractivity contribution < 1.29 is 9.47 Å². The molecule has 0 aliphatic carbocycles. The van der Waals surface area contributed by atoms with Crippen LogP contribution in [0.15, 0.2) is 59.8 Å². The van der Waals surface area contributed by atoms with Crippen molar-refractivity contribution in [2.24, 2.45) is 0 Å². The van der Waals surface area contributed by atoms with Crippen molar-refractivity contribution in [3.8, 4) is 22.8 Å². The maximum absolute atomic E-state index is 5.32. The molecule has 0 amide bonds. The van der Waals surface area contributed by atoms with E-state index in [1.54, 1.807) is 14.2 Å². The summed E-state index contributed by atoms with van der Waals surface area (Å²) in [5, 5.41) is 4.15. The summed E-state index contributed by atoms with van der Waals surface area (Å²) in [6, 6.07) is 18.0. The van der Waals surface area contributed by atoms with Crippen LogP contribution in [0.3, 0.4) is 0 Å². The Kier molecular flexibility index (Phi) is 6.54. The van der Waals surface area contributed by atoms with Crippen molar-refractivity contribution >= 4 is 17.6 Å². The highest BCUT2D eigenvalue weighted by Crippen LogP contribution is 2.26. The molecule has 6 heteroatoms. The lowest BCUT2D eigenvalue weighted by Crippen LogP contribution is -2.07. The predicted molar refractivity (Wildman–Crippen MR) is 111 cm³/mol. The number of rotatable bonds is 8. The zero-order chi connectivity index (χ0) is 19.1. The van der Waals surface area contributed by atoms with Crippen LogP contribution < -0.4 is 14.8 Å². The minimum absolute atomic E-state index is 0.738. The normalized spacial score (nSPS) is 10.5. The molecule has 0 aliphatic heterocycles. The first kappa shape index (κ1) is 19.0. The van der Waals surface area contributed by atoms with Crippen LogP contribution in [0.1, 0.15) is 5.56 Å². The Bertz CT molecular complexity index is 885. The molecule has 0 saturated carbocycles. The van der Waals surface area contributed by atoms with Gasteiger partial charge in [0.15, 0.2) is 5.16 Å². The van der Waals surface area contributed by atoms with Gasteiger partial charge in [-0.1, -0.05) is 36.0 Å². The van der Waals surface area contributed by atoms with Crippen LogP contribution in [-0.4, -0.2) is 37.0 Å². The maximum Gasteiger partial charge on any atom is 0.189 e. The molecule has 1 N–H and O–H groups in total. The van der Waals surface area contributed by atoms with E-state index in [1.165, 1.54) is 17.3 Å². The van der Waals surface area contributed by atoms with Gasteiger partial charge < -0.3 is 14.8 Å².